The van der Waals surface area contributed by atoms with E-state index in [2.05, 4.69) is 81.1 Å². The summed E-state index contributed by atoms with van der Waals surface area (Å²) in [6.07, 6.45) is 10.1. The van der Waals surface area contributed by atoms with Crippen molar-refractivity contribution in [3.8, 4) is 0 Å². The van der Waals surface area contributed by atoms with E-state index in [1.165, 1.54) is 50.1 Å². The highest BCUT2D eigenvalue weighted by molar-refractivity contribution is 5.75. The fraction of sp³-hybridized carbons (Fsp3) is 0.200. The molecule has 0 spiro atoms. The Bertz CT molecular complexity index is 948. The van der Waals surface area contributed by atoms with Crippen molar-refractivity contribution in [2.75, 3.05) is 0 Å². The van der Waals surface area contributed by atoms with Gasteiger partial charge in [0.05, 0.1) is 0 Å². The third kappa shape index (κ3) is 2.93. The predicted octanol–water partition coefficient (Wildman–Crippen LogP) is 6.60. The van der Waals surface area contributed by atoms with Gasteiger partial charge < -0.3 is 0 Å². The van der Waals surface area contributed by atoms with Crippen molar-refractivity contribution in [2.45, 2.75) is 33.1 Å². The van der Waals surface area contributed by atoms with Crippen LogP contribution in [0, 0.1) is 13.8 Å². The summed E-state index contributed by atoms with van der Waals surface area (Å²) in [7, 11) is 0. The molecule has 0 N–H and O–H groups in total. The van der Waals surface area contributed by atoms with Gasteiger partial charge in [0, 0.05) is 0 Å². The zero-order valence-corrected chi connectivity index (χ0v) is 15.1. The number of hydrogen-bond donors (Lipinski definition) is 0. The molecule has 4 rings (SSSR count). The molecular formula is C25H24. The normalized spacial score (nSPS) is 15.5. The van der Waals surface area contributed by atoms with Crippen molar-refractivity contribution in [1.82, 2.24) is 0 Å². The summed E-state index contributed by atoms with van der Waals surface area (Å²) < 4.78 is 0. The first-order valence-electron chi connectivity index (χ1n) is 9.06. The largest absolute Gasteiger partial charge is 0.0949 e. The standard InChI is InChI=1S/C25H24/c1-17-8-6-12-24(19(17)3)18(2)14-22-11-7-13-25(22)23-15-20-9-4-5-10-21(20)16-23/h4-6,8-13,15H,2,7,14,16H2,1,3H3. The second-order valence-corrected chi connectivity index (χ2v) is 7.16. The molecule has 0 heterocycles. The molecule has 0 unspecified atom stereocenters. The van der Waals surface area contributed by atoms with Gasteiger partial charge in [0.2, 0.25) is 0 Å². The molecule has 0 nitrogen and oxygen atoms in total. The van der Waals surface area contributed by atoms with Crippen LogP contribution >= 0.6 is 0 Å². The fourth-order valence-electron chi connectivity index (χ4n) is 3.98. The molecule has 0 saturated heterocycles. The highest BCUT2D eigenvalue weighted by Gasteiger charge is 2.20. The van der Waals surface area contributed by atoms with Crippen LogP contribution in [0.5, 0.6) is 0 Å². The number of allylic oxidation sites excluding steroid dienone is 6. The van der Waals surface area contributed by atoms with Crippen molar-refractivity contribution < 1.29 is 0 Å². The Kier molecular flexibility index (Phi) is 4.05. The van der Waals surface area contributed by atoms with Crippen molar-refractivity contribution in [3.05, 3.63) is 106 Å². The first-order chi connectivity index (χ1) is 12.1. The molecule has 2 aromatic rings. The molecule has 0 atom stereocenters. The van der Waals surface area contributed by atoms with Crippen LogP contribution in [0.25, 0.3) is 11.6 Å². The molecule has 2 aliphatic rings. The van der Waals surface area contributed by atoms with E-state index in [1.54, 1.807) is 0 Å². The van der Waals surface area contributed by atoms with Gasteiger partial charge in [0.1, 0.15) is 0 Å². The zero-order chi connectivity index (χ0) is 17.4. The monoisotopic (exact) mass is 324 g/mol. The zero-order valence-electron chi connectivity index (χ0n) is 15.1. The average Bonchev–Trinajstić information content (AvgIpc) is 3.23. The molecule has 0 aliphatic heterocycles. The molecule has 0 fully saturated rings. The molecule has 2 aromatic carbocycles. The van der Waals surface area contributed by atoms with Crippen LogP contribution < -0.4 is 0 Å². The first-order valence-corrected chi connectivity index (χ1v) is 9.06. The Labute approximate surface area is 150 Å². The molecule has 0 saturated carbocycles. The van der Waals surface area contributed by atoms with Gasteiger partial charge in [0.25, 0.3) is 0 Å². The van der Waals surface area contributed by atoms with E-state index in [0.29, 0.717) is 0 Å². The van der Waals surface area contributed by atoms with E-state index in [1.807, 2.05) is 0 Å². The number of rotatable bonds is 4. The van der Waals surface area contributed by atoms with Gasteiger partial charge in [-0.05, 0) is 83.2 Å². The first kappa shape index (κ1) is 15.9. The molecule has 0 heteroatoms. The number of hydrogen-bond acceptors (Lipinski definition) is 0. The minimum atomic E-state index is 0.934. The lowest BCUT2D eigenvalue weighted by molar-refractivity contribution is 1.16. The summed E-state index contributed by atoms with van der Waals surface area (Å²) in [6.45, 7) is 8.78. The molecule has 124 valence electrons. The summed E-state index contributed by atoms with van der Waals surface area (Å²) in [5.41, 5.74) is 12.3. The smallest absolute Gasteiger partial charge is 0.00137 e. The van der Waals surface area contributed by atoms with Crippen molar-refractivity contribution in [1.29, 1.82) is 0 Å². The van der Waals surface area contributed by atoms with E-state index < -0.39 is 0 Å². The molecule has 0 amide bonds. The van der Waals surface area contributed by atoms with Crippen LogP contribution in [0.15, 0.2) is 77.9 Å². The number of fused-ring (bicyclic) bond motifs is 1. The fourth-order valence-corrected chi connectivity index (χ4v) is 3.98. The molecule has 25 heavy (non-hydrogen) atoms. The van der Waals surface area contributed by atoms with Crippen molar-refractivity contribution in [2.24, 2.45) is 0 Å². The number of benzene rings is 2. The lowest BCUT2D eigenvalue weighted by Gasteiger charge is -2.15. The van der Waals surface area contributed by atoms with Crippen LogP contribution in [0.1, 0.15) is 40.7 Å². The minimum Gasteiger partial charge on any atom is -0.0949 e. The quantitative estimate of drug-likeness (QED) is 0.594. The topological polar surface area (TPSA) is 0 Å². The second-order valence-electron chi connectivity index (χ2n) is 7.16. The van der Waals surface area contributed by atoms with Gasteiger partial charge in [0.15, 0.2) is 0 Å². The Morgan fingerprint density at radius 3 is 2.68 bits per heavy atom. The minimum absolute atomic E-state index is 0.934. The van der Waals surface area contributed by atoms with Gasteiger partial charge in [-0.25, -0.2) is 0 Å². The Balaban J connectivity index is 1.55. The summed E-state index contributed by atoms with van der Waals surface area (Å²) in [5.74, 6) is 0. The highest BCUT2D eigenvalue weighted by Crippen LogP contribution is 2.38. The average molecular weight is 324 g/mol. The van der Waals surface area contributed by atoms with E-state index >= 15 is 0 Å². The Hall–Kier alpha value is -2.60. The van der Waals surface area contributed by atoms with Crippen LogP contribution in [0.3, 0.4) is 0 Å². The van der Waals surface area contributed by atoms with Crippen LogP contribution in [0.2, 0.25) is 0 Å². The number of aryl methyl sites for hydroxylation is 1. The van der Waals surface area contributed by atoms with E-state index in [4.69, 9.17) is 0 Å². The molecule has 0 bridgehead atoms. The van der Waals surface area contributed by atoms with Crippen LogP contribution in [0.4, 0.5) is 0 Å². The lowest BCUT2D eigenvalue weighted by Crippen LogP contribution is -1.96. The third-order valence-corrected chi connectivity index (χ3v) is 5.53. The molecular weight excluding hydrogens is 300 g/mol. The summed E-state index contributed by atoms with van der Waals surface area (Å²) in [6, 6.07) is 15.2. The summed E-state index contributed by atoms with van der Waals surface area (Å²) >= 11 is 0. The predicted molar refractivity (Wildman–Crippen MR) is 108 cm³/mol. The van der Waals surface area contributed by atoms with Gasteiger partial charge in [-0.3, -0.25) is 0 Å². The van der Waals surface area contributed by atoms with E-state index in [-0.39, 0.29) is 0 Å². The SMILES string of the molecule is C=C(CC1=CCC=C1C1=Cc2ccccc2C1)c1cccc(C)c1C. The Morgan fingerprint density at radius 2 is 1.84 bits per heavy atom. The maximum Gasteiger partial charge on any atom is -0.00137 e. The summed E-state index contributed by atoms with van der Waals surface area (Å²) in [4.78, 5) is 0. The highest BCUT2D eigenvalue weighted by atomic mass is 14.2. The third-order valence-electron chi connectivity index (χ3n) is 5.53. The van der Waals surface area contributed by atoms with Crippen molar-refractivity contribution >= 4 is 11.6 Å². The molecule has 2 aliphatic carbocycles. The van der Waals surface area contributed by atoms with Crippen molar-refractivity contribution in [3.63, 3.8) is 0 Å². The lowest BCUT2D eigenvalue weighted by atomic mass is 9.90. The van der Waals surface area contributed by atoms with Gasteiger partial charge >= 0.3 is 0 Å². The van der Waals surface area contributed by atoms with Crippen LogP contribution in [-0.2, 0) is 6.42 Å². The maximum atomic E-state index is 4.40. The Morgan fingerprint density at radius 1 is 1.00 bits per heavy atom. The van der Waals surface area contributed by atoms with Crippen LogP contribution in [-0.4, -0.2) is 0 Å². The van der Waals surface area contributed by atoms with E-state index in [9.17, 15) is 0 Å². The molecule has 0 aromatic heterocycles. The maximum absolute atomic E-state index is 4.40. The van der Waals surface area contributed by atoms with Gasteiger partial charge in [-0.15, -0.1) is 0 Å². The summed E-state index contributed by atoms with van der Waals surface area (Å²) in [5, 5.41) is 0. The van der Waals surface area contributed by atoms with Gasteiger partial charge in [-0.2, -0.15) is 0 Å². The second kappa shape index (κ2) is 6.37. The van der Waals surface area contributed by atoms with Gasteiger partial charge in [-0.1, -0.05) is 67.3 Å². The molecule has 0 radical (unpaired) electrons. The van der Waals surface area contributed by atoms with E-state index in [0.717, 1.165) is 19.3 Å².